The van der Waals surface area contributed by atoms with E-state index in [1.807, 2.05) is 6.92 Å². The van der Waals surface area contributed by atoms with E-state index >= 15 is 0 Å². The molecule has 1 aliphatic rings. The Morgan fingerprint density at radius 2 is 2.14 bits per heavy atom. The minimum atomic E-state index is -4.12. The van der Waals surface area contributed by atoms with Crippen LogP contribution < -0.4 is 10.0 Å². The quantitative estimate of drug-likeness (QED) is 0.825. The summed E-state index contributed by atoms with van der Waals surface area (Å²) >= 11 is 0. The van der Waals surface area contributed by atoms with Crippen molar-refractivity contribution in [3.63, 3.8) is 0 Å². The van der Waals surface area contributed by atoms with E-state index in [9.17, 15) is 17.2 Å². The smallest absolute Gasteiger partial charge is 0.243 e. The summed E-state index contributed by atoms with van der Waals surface area (Å²) in [6, 6.07) is 1.74. The van der Waals surface area contributed by atoms with Gasteiger partial charge in [0.2, 0.25) is 10.0 Å². The molecule has 0 radical (unpaired) electrons. The van der Waals surface area contributed by atoms with E-state index in [-0.39, 0.29) is 13.2 Å². The van der Waals surface area contributed by atoms with E-state index in [2.05, 4.69) is 10.0 Å². The highest BCUT2D eigenvalue weighted by atomic mass is 32.2. The third-order valence-corrected chi connectivity index (χ3v) is 4.69. The molecule has 1 unspecified atom stereocenters. The molecule has 2 rings (SSSR count). The van der Waals surface area contributed by atoms with Crippen LogP contribution in [0.2, 0.25) is 0 Å². The van der Waals surface area contributed by atoms with Crippen LogP contribution >= 0.6 is 0 Å². The minimum absolute atomic E-state index is 0.237. The summed E-state index contributed by atoms with van der Waals surface area (Å²) in [5, 5.41) is 2.94. The normalized spacial score (nSPS) is 19.1. The lowest BCUT2D eigenvalue weighted by Gasteiger charge is -2.13. The van der Waals surface area contributed by atoms with E-state index in [0.717, 1.165) is 12.1 Å². The largest absolute Gasteiger partial charge is 0.380 e. The molecule has 2 N–H and O–H groups in total. The molecule has 1 fully saturated rings. The minimum Gasteiger partial charge on any atom is -0.380 e. The molecular formula is C13H18F2N2O3S. The molecule has 0 aromatic heterocycles. The van der Waals surface area contributed by atoms with E-state index < -0.39 is 32.6 Å². The Kier molecular flexibility index (Phi) is 5.26. The van der Waals surface area contributed by atoms with Gasteiger partial charge in [-0.3, -0.25) is 0 Å². The molecule has 5 nitrogen and oxygen atoms in total. The van der Waals surface area contributed by atoms with Gasteiger partial charge in [0.1, 0.15) is 4.90 Å². The predicted molar refractivity (Wildman–Crippen MR) is 73.3 cm³/mol. The average molecular weight is 320 g/mol. The zero-order chi connectivity index (χ0) is 15.5. The maximum Gasteiger partial charge on any atom is 0.243 e. The molecule has 1 heterocycles. The van der Waals surface area contributed by atoms with Crippen LogP contribution in [0.5, 0.6) is 0 Å². The molecule has 0 bridgehead atoms. The molecule has 0 spiro atoms. The molecule has 118 valence electrons. The summed E-state index contributed by atoms with van der Waals surface area (Å²) in [6.07, 6.45) is 0.514. The molecule has 8 heteroatoms. The number of rotatable bonds is 6. The molecule has 0 amide bonds. The maximum atomic E-state index is 13.8. The van der Waals surface area contributed by atoms with Crippen LogP contribution in [0.4, 0.5) is 8.78 Å². The first-order valence-corrected chi connectivity index (χ1v) is 8.21. The molecule has 1 aliphatic heterocycles. The first-order valence-electron chi connectivity index (χ1n) is 6.72. The van der Waals surface area contributed by atoms with E-state index in [4.69, 9.17) is 4.74 Å². The summed E-state index contributed by atoms with van der Waals surface area (Å²) in [5.74, 6) is -2.53. The van der Waals surface area contributed by atoms with Crippen molar-refractivity contribution in [2.75, 3.05) is 19.8 Å². The number of ether oxygens (including phenoxy) is 1. The standard InChI is InChI=1S/C13H18F2N2O3S/c1-2-16-7-9-5-11(14)13(15)12(6-9)21(18,19)17-10-3-4-20-8-10/h5-6,10,16-17H,2-4,7-8H2,1H3. The van der Waals surface area contributed by atoms with Gasteiger partial charge < -0.3 is 10.1 Å². The van der Waals surface area contributed by atoms with Gasteiger partial charge in [-0.15, -0.1) is 0 Å². The van der Waals surface area contributed by atoms with Gasteiger partial charge in [-0.05, 0) is 30.7 Å². The Morgan fingerprint density at radius 1 is 1.38 bits per heavy atom. The number of hydrogen-bond donors (Lipinski definition) is 2. The van der Waals surface area contributed by atoms with Crippen LogP contribution in [0.25, 0.3) is 0 Å². The van der Waals surface area contributed by atoms with Crippen LogP contribution in [0.1, 0.15) is 18.9 Å². The van der Waals surface area contributed by atoms with Crippen molar-refractivity contribution in [2.24, 2.45) is 0 Å². The fourth-order valence-corrected chi connectivity index (χ4v) is 3.49. The fourth-order valence-electron chi connectivity index (χ4n) is 2.09. The zero-order valence-corrected chi connectivity index (χ0v) is 12.5. The number of nitrogens with one attached hydrogen (secondary N) is 2. The van der Waals surface area contributed by atoms with Crippen LogP contribution in [-0.2, 0) is 21.3 Å². The maximum absolute atomic E-state index is 13.8. The number of halogens is 2. The number of hydrogen-bond acceptors (Lipinski definition) is 4. The highest BCUT2D eigenvalue weighted by Crippen LogP contribution is 2.21. The van der Waals surface area contributed by atoms with E-state index in [1.165, 1.54) is 0 Å². The van der Waals surface area contributed by atoms with Crippen molar-refractivity contribution < 1.29 is 21.9 Å². The van der Waals surface area contributed by atoms with Crippen molar-refractivity contribution in [1.82, 2.24) is 10.0 Å². The second-order valence-electron chi connectivity index (χ2n) is 4.85. The molecule has 21 heavy (non-hydrogen) atoms. The molecule has 0 saturated carbocycles. The Balaban J connectivity index is 2.29. The average Bonchev–Trinajstić information content (AvgIpc) is 2.91. The van der Waals surface area contributed by atoms with E-state index in [1.54, 1.807) is 0 Å². The van der Waals surface area contributed by atoms with Crippen molar-refractivity contribution >= 4 is 10.0 Å². The molecule has 0 aliphatic carbocycles. The zero-order valence-electron chi connectivity index (χ0n) is 11.7. The molecule has 1 saturated heterocycles. The summed E-state index contributed by atoms with van der Waals surface area (Å²) in [7, 11) is -4.12. The lowest BCUT2D eigenvalue weighted by Crippen LogP contribution is -2.35. The van der Waals surface area contributed by atoms with Gasteiger partial charge in [0.15, 0.2) is 11.6 Å². The summed E-state index contributed by atoms with van der Waals surface area (Å²) in [5.41, 5.74) is 0.374. The first-order chi connectivity index (χ1) is 9.94. The van der Waals surface area contributed by atoms with Gasteiger partial charge >= 0.3 is 0 Å². The van der Waals surface area contributed by atoms with Crippen molar-refractivity contribution in [1.29, 1.82) is 0 Å². The lowest BCUT2D eigenvalue weighted by molar-refractivity contribution is 0.192. The van der Waals surface area contributed by atoms with Gasteiger partial charge in [-0.25, -0.2) is 21.9 Å². The topological polar surface area (TPSA) is 67.4 Å². The Hall–Kier alpha value is -1.09. The molecule has 1 atom stereocenters. The van der Waals surface area contributed by atoms with Crippen LogP contribution in [-0.4, -0.2) is 34.2 Å². The predicted octanol–water partition coefficient (Wildman–Crippen LogP) is 1.14. The SMILES string of the molecule is CCNCc1cc(F)c(F)c(S(=O)(=O)NC2CCOC2)c1. The van der Waals surface area contributed by atoms with Crippen LogP contribution in [0.15, 0.2) is 17.0 Å². The Morgan fingerprint density at radius 3 is 2.76 bits per heavy atom. The van der Waals surface area contributed by atoms with Crippen molar-refractivity contribution in [3.05, 3.63) is 29.3 Å². The van der Waals surface area contributed by atoms with Gasteiger partial charge in [0, 0.05) is 19.2 Å². The number of benzene rings is 1. The van der Waals surface area contributed by atoms with E-state index in [0.29, 0.717) is 25.1 Å². The highest BCUT2D eigenvalue weighted by Gasteiger charge is 2.27. The Labute approximate surface area is 122 Å². The second-order valence-corrected chi connectivity index (χ2v) is 6.53. The summed E-state index contributed by atoms with van der Waals surface area (Å²) < 4.78 is 59.2. The third kappa shape index (κ3) is 3.97. The van der Waals surface area contributed by atoms with Gasteiger partial charge in [0.25, 0.3) is 0 Å². The monoisotopic (exact) mass is 320 g/mol. The van der Waals surface area contributed by atoms with Gasteiger partial charge in [0.05, 0.1) is 6.61 Å². The fraction of sp³-hybridized carbons (Fsp3) is 0.538. The molecule has 1 aromatic carbocycles. The van der Waals surface area contributed by atoms with Gasteiger partial charge in [-0.1, -0.05) is 6.92 Å². The number of sulfonamides is 1. The highest BCUT2D eigenvalue weighted by molar-refractivity contribution is 7.89. The Bertz CT molecular complexity index is 602. The summed E-state index contributed by atoms with van der Waals surface area (Å²) in [4.78, 5) is -0.665. The third-order valence-electron chi connectivity index (χ3n) is 3.17. The van der Waals surface area contributed by atoms with Crippen molar-refractivity contribution in [3.8, 4) is 0 Å². The molecular weight excluding hydrogens is 302 g/mol. The van der Waals surface area contributed by atoms with Crippen LogP contribution in [0.3, 0.4) is 0 Å². The first kappa shape index (κ1) is 16.3. The van der Waals surface area contributed by atoms with Gasteiger partial charge in [-0.2, -0.15) is 0 Å². The molecule has 1 aromatic rings. The van der Waals surface area contributed by atoms with Crippen molar-refractivity contribution in [2.45, 2.75) is 30.8 Å². The summed E-state index contributed by atoms with van der Waals surface area (Å²) in [6.45, 7) is 3.45. The van der Waals surface area contributed by atoms with Crippen LogP contribution in [0, 0.1) is 11.6 Å². The second kappa shape index (κ2) is 6.78. The lowest BCUT2D eigenvalue weighted by atomic mass is 10.2.